The van der Waals surface area contributed by atoms with Crippen LogP contribution < -0.4 is 5.32 Å². The van der Waals surface area contributed by atoms with E-state index in [-0.39, 0.29) is 5.91 Å². The summed E-state index contributed by atoms with van der Waals surface area (Å²) in [6, 6.07) is 3.60. The predicted octanol–water partition coefficient (Wildman–Crippen LogP) is 1.82. The van der Waals surface area contributed by atoms with Crippen molar-refractivity contribution in [3.8, 4) is 0 Å². The summed E-state index contributed by atoms with van der Waals surface area (Å²) < 4.78 is 5.56. The Hall–Kier alpha value is -0.940. The third kappa shape index (κ3) is 3.43. The van der Waals surface area contributed by atoms with Gasteiger partial charge in [0.15, 0.2) is 0 Å². The van der Waals surface area contributed by atoms with Crippen molar-refractivity contribution in [3.05, 3.63) is 22.8 Å². The number of pyridine rings is 1. The largest absolute Gasteiger partial charge is 0.384 e. The minimum absolute atomic E-state index is 0.105. The van der Waals surface area contributed by atoms with Crippen molar-refractivity contribution in [2.75, 3.05) is 19.0 Å². The third-order valence-electron chi connectivity index (χ3n) is 1.55. The molecule has 0 unspecified atom stereocenters. The number of hydrogen-bond acceptors (Lipinski definition) is 3. The van der Waals surface area contributed by atoms with Crippen LogP contribution in [0.15, 0.2) is 22.8 Å². The molecule has 0 aromatic carbocycles. The van der Waals surface area contributed by atoms with E-state index in [1.54, 1.807) is 19.4 Å². The normalized spacial score (nSPS) is 9.86. The van der Waals surface area contributed by atoms with Crippen LogP contribution in [0, 0.1) is 0 Å². The molecule has 0 fully saturated rings. The fourth-order valence-electron chi connectivity index (χ4n) is 0.867. The van der Waals surface area contributed by atoms with Crippen LogP contribution in [0.3, 0.4) is 0 Å². The van der Waals surface area contributed by atoms with E-state index in [0.29, 0.717) is 18.8 Å². The monoisotopic (exact) mass is 258 g/mol. The fraction of sp³-hybridized carbons (Fsp3) is 0.333. The second kappa shape index (κ2) is 5.72. The molecule has 0 aliphatic heterocycles. The number of rotatable bonds is 4. The van der Waals surface area contributed by atoms with E-state index in [0.717, 1.165) is 4.47 Å². The number of ether oxygens (including phenoxy) is 1. The van der Waals surface area contributed by atoms with Crippen LogP contribution in [0.25, 0.3) is 0 Å². The van der Waals surface area contributed by atoms with Crippen LogP contribution in [0.1, 0.15) is 6.42 Å². The van der Waals surface area contributed by atoms with Gasteiger partial charge < -0.3 is 10.1 Å². The number of aromatic nitrogens is 1. The van der Waals surface area contributed by atoms with Crippen LogP contribution in [-0.4, -0.2) is 24.6 Å². The summed E-state index contributed by atoms with van der Waals surface area (Å²) in [7, 11) is 1.56. The van der Waals surface area contributed by atoms with Gasteiger partial charge in [-0.05, 0) is 28.1 Å². The Kier molecular flexibility index (Phi) is 4.55. The first kappa shape index (κ1) is 11.1. The molecule has 0 aliphatic rings. The molecule has 1 rings (SSSR count). The Labute approximate surface area is 90.8 Å². The zero-order valence-electron chi connectivity index (χ0n) is 7.79. The first-order valence-corrected chi connectivity index (χ1v) is 4.92. The first-order valence-electron chi connectivity index (χ1n) is 4.13. The van der Waals surface area contributed by atoms with Crippen molar-refractivity contribution in [1.29, 1.82) is 0 Å². The molecule has 0 aliphatic carbocycles. The number of carbonyl (C=O) groups is 1. The summed E-state index contributed by atoms with van der Waals surface area (Å²) in [6.07, 6.45) is 1.95. The molecule has 4 nitrogen and oxygen atoms in total. The summed E-state index contributed by atoms with van der Waals surface area (Å²) in [5.74, 6) is 0.430. The Morgan fingerprint density at radius 3 is 3.14 bits per heavy atom. The summed E-state index contributed by atoms with van der Waals surface area (Å²) >= 11 is 3.28. The fourth-order valence-corrected chi connectivity index (χ4v) is 1.22. The average molecular weight is 259 g/mol. The molecule has 76 valence electrons. The number of amides is 1. The summed E-state index contributed by atoms with van der Waals surface area (Å²) in [4.78, 5) is 15.3. The number of halogens is 1. The zero-order chi connectivity index (χ0) is 10.4. The summed E-state index contributed by atoms with van der Waals surface area (Å²) in [5, 5.41) is 2.67. The van der Waals surface area contributed by atoms with Gasteiger partial charge in [0.05, 0.1) is 17.5 Å². The van der Waals surface area contributed by atoms with Crippen LogP contribution >= 0.6 is 15.9 Å². The minimum atomic E-state index is -0.105. The molecule has 1 aromatic heterocycles. The highest BCUT2D eigenvalue weighted by Crippen LogP contribution is 2.18. The molecule has 0 spiro atoms. The van der Waals surface area contributed by atoms with Gasteiger partial charge in [-0.1, -0.05) is 0 Å². The van der Waals surface area contributed by atoms with E-state index in [1.807, 2.05) is 6.07 Å². The van der Waals surface area contributed by atoms with Crippen molar-refractivity contribution in [2.45, 2.75) is 6.42 Å². The molecule has 5 heteroatoms. The lowest BCUT2D eigenvalue weighted by Crippen LogP contribution is -2.14. The van der Waals surface area contributed by atoms with Gasteiger partial charge in [0.1, 0.15) is 5.82 Å². The van der Waals surface area contributed by atoms with Crippen LogP contribution in [0.5, 0.6) is 0 Å². The van der Waals surface area contributed by atoms with E-state index in [2.05, 4.69) is 26.2 Å². The van der Waals surface area contributed by atoms with E-state index in [4.69, 9.17) is 4.74 Å². The van der Waals surface area contributed by atoms with Gasteiger partial charge in [0.25, 0.3) is 0 Å². The van der Waals surface area contributed by atoms with Gasteiger partial charge in [0.2, 0.25) is 5.91 Å². The SMILES string of the molecule is COCCC(=O)Nc1ncccc1Br. The molecule has 1 heterocycles. The number of hydrogen-bond donors (Lipinski definition) is 1. The quantitative estimate of drug-likeness (QED) is 0.897. The Bertz CT molecular complexity index is 317. The molecule has 1 N–H and O–H groups in total. The van der Waals surface area contributed by atoms with Crippen molar-refractivity contribution in [1.82, 2.24) is 4.98 Å². The number of anilines is 1. The maximum atomic E-state index is 11.3. The van der Waals surface area contributed by atoms with Gasteiger partial charge in [-0.15, -0.1) is 0 Å². The topological polar surface area (TPSA) is 51.2 Å². The Morgan fingerprint density at radius 1 is 1.71 bits per heavy atom. The highest BCUT2D eigenvalue weighted by atomic mass is 79.9. The van der Waals surface area contributed by atoms with Gasteiger partial charge >= 0.3 is 0 Å². The Balaban J connectivity index is 2.52. The molecule has 0 radical (unpaired) electrons. The van der Waals surface area contributed by atoms with Crippen molar-refractivity contribution in [2.24, 2.45) is 0 Å². The first-order chi connectivity index (χ1) is 6.74. The lowest BCUT2D eigenvalue weighted by atomic mass is 10.4. The summed E-state index contributed by atoms with van der Waals surface area (Å²) in [5.41, 5.74) is 0. The lowest BCUT2D eigenvalue weighted by Gasteiger charge is -2.04. The molecule has 0 saturated carbocycles. The number of nitrogens with zero attached hydrogens (tertiary/aromatic N) is 1. The summed E-state index contributed by atoms with van der Waals surface area (Å²) in [6.45, 7) is 0.413. The van der Waals surface area contributed by atoms with Gasteiger partial charge in [-0.25, -0.2) is 4.98 Å². The molecular formula is C9H11BrN2O2. The molecule has 1 amide bonds. The van der Waals surface area contributed by atoms with E-state index >= 15 is 0 Å². The van der Waals surface area contributed by atoms with E-state index in [9.17, 15) is 4.79 Å². The number of nitrogens with one attached hydrogen (secondary N) is 1. The van der Waals surface area contributed by atoms with E-state index < -0.39 is 0 Å². The highest BCUT2D eigenvalue weighted by Gasteiger charge is 2.05. The van der Waals surface area contributed by atoms with Gasteiger partial charge in [-0.3, -0.25) is 4.79 Å². The third-order valence-corrected chi connectivity index (χ3v) is 2.19. The maximum absolute atomic E-state index is 11.3. The maximum Gasteiger partial charge on any atom is 0.227 e. The molecule has 14 heavy (non-hydrogen) atoms. The standard InChI is InChI=1S/C9H11BrN2O2/c1-14-6-4-8(13)12-9-7(10)3-2-5-11-9/h2-3,5H,4,6H2,1H3,(H,11,12,13). The van der Waals surface area contributed by atoms with Crippen LogP contribution in [0.4, 0.5) is 5.82 Å². The molecular weight excluding hydrogens is 248 g/mol. The number of carbonyl (C=O) groups excluding carboxylic acids is 1. The molecule has 0 bridgehead atoms. The van der Waals surface area contributed by atoms with Crippen LogP contribution in [-0.2, 0) is 9.53 Å². The van der Waals surface area contributed by atoms with Crippen LogP contribution in [0.2, 0.25) is 0 Å². The second-order valence-electron chi connectivity index (χ2n) is 2.62. The van der Waals surface area contributed by atoms with E-state index in [1.165, 1.54) is 0 Å². The molecule has 0 saturated heterocycles. The van der Waals surface area contributed by atoms with Crippen molar-refractivity contribution < 1.29 is 9.53 Å². The van der Waals surface area contributed by atoms with Gasteiger partial charge in [0, 0.05) is 13.3 Å². The van der Waals surface area contributed by atoms with Crippen molar-refractivity contribution in [3.63, 3.8) is 0 Å². The molecule has 0 atom stereocenters. The minimum Gasteiger partial charge on any atom is -0.384 e. The smallest absolute Gasteiger partial charge is 0.227 e. The lowest BCUT2D eigenvalue weighted by molar-refractivity contribution is -0.117. The zero-order valence-corrected chi connectivity index (χ0v) is 9.37. The average Bonchev–Trinajstić information content (AvgIpc) is 2.18. The number of methoxy groups -OCH3 is 1. The van der Waals surface area contributed by atoms with Crippen molar-refractivity contribution >= 4 is 27.7 Å². The second-order valence-corrected chi connectivity index (χ2v) is 3.48. The van der Waals surface area contributed by atoms with Gasteiger partial charge in [-0.2, -0.15) is 0 Å². The molecule has 1 aromatic rings. The predicted molar refractivity (Wildman–Crippen MR) is 57.1 cm³/mol. The highest BCUT2D eigenvalue weighted by molar-refractivity contribution is 9.10. The Morgan fingerprint density at radius 2 is 2.50 bits per heavy atom.